The van der Waals surface area contributed by atoms with Gasteiger partial charge in [-0.05, 0) is 0 Å². The van der Waals surface area contributed by atoms with Crippen LogP contribution in [-0.4, -0.2) is 10.5 Å². The van der Waals surface area contributed by atoms with E-state index in [4.69, 9.17) is 0 Å². The van der Waals surface area contributed by atoms with E-state index in [0.29, 0.717) is 10.5 Å². The molecule has 0 saturated carbocycles. The lowest BCUT2D eigenvalue weighted by molar-refractivity contribution is 1.24. The summed E-state index contributed by atoms with van der Waals surface area (Å²) in [6, 6.07) is 0. The Hall–Kier alpha value is -0.170. The minimum absolute atomic E-state index is 0.678. The standard InChI is InChI=1S/C6H8S/c1-3-5-6(4-2)7-5/h3-6H,1-2H2/t5-,6-/m0/s1. The molecule has 1 aliphatic heterocycles. The average Bonchev–Trinajstić information content (AvgIpc) is 2.43. The summed E-state index contributed by atoms with van der Waals surface area (Å²) in [4.78, 5) is 0. The first-order valence-electron chi connectivity index (χ1n) is 2.29. The van der Waals surface area contributed by atoms with Crippen molar-refractivity contribution in [1.82, 2.24) is 0 Å². The van der Waals surface area contributed by atoms with Crippen molar-refractivity contribution in [3.05, 3.63) is 25.3 Å². The maximum absolute atomic E-state index is 3.65. The molecule has 1 aliphatic rings. The van der Waals surface area contributed by atoms with Crippen molar-refractivity contribution in [2.45, 2.75) is 10.5 Å². The first-order chi connectivity index (χ1) is 3.38. The van der Waals surface area contributed by atoms with Crippen LogP contribution < -0.4 is 0 Å². The molecule has 2 atom stereocenters. The molecule has 0 aromatic carbocycles. The van der Waals surface area contributed by atoms with Crippen molar-refractivity contribution in [2.24, 2.45) is 0 Å². The molecule has 0 aliphatic carbocycles. The maximum atomic E-state index is 3.65. The second-order valence-corrected chi connectivity index (χ2v) is 2.90. The molecule has 1 heteroatoms. The van der Waals surface area contributed by atoms with Gasteiger partial charge < -0.3 is 0 Å². The molecule has 0 aromatic heterocycles. The molecule has 1 fully saturated rings. The molecule has 7 heavy (non-hydrogen) atoms. The van der Waals surface area contributed by atoms with E-state index in [9.17, 15) is 0 Å². The molecule has 0 nitrogen and oxygen atoms in total. The summed E-state index contributed by atoms with van der Waals surface area (Å²) in [6.45, 7) is 7.30. The molecule has 1 saturated heterocycles. The fourth-order valence-corrected chi connectivity index (χ4v) is 1.23. The first kappa shape index (κ1) is 4.98. The first-order valence-corrected chi connectivity index (χ1v) is 3.23. The van der Waals surface area contributed by atoms with Crippen molar-refractivity contribution in [3.63, 3.8) is 0 Å². The lowest BCUT2D eigenvalue weighted by Gasteiger charge is -1.71. The molecule has 0 N–H and O–H groups in total. The van der Waals surface area contributed by atoms with Gasteiger partial charge in [-0.2, -0.15) is 0 Å². The van der Waals surface area contributed by atoms with Crippen molar-refractivity contribution < 1.29 is 0 Å². The fraction of sp³-hybridized carbons (Fsp3) is 0.333. The number of rotatable bonds is 2. The van der Waals surface area contributed by atoms with Gasteiger partial charge >= 0.3 is 0 Å². The van der Waals surface area contributed by atoms with E-state index in [0.717, 1.165) is 0 Å². The summed E-state index contributed by atoms with van der Waals surface area (Å²) in [5.41, 5.74) is 0. The van der Waals surface area contributed by atoms with Crippen molar-refractivity contribution >= 4 is 11.8 Å². The average molecular weight is 112 g/mol. The molecule has 0 aromatic rings. The van der Waals surface area contributed by atoms with Crippen LogP contribution in [0.4, 0.5) is 0 Å². The normalized spacial score (nSPS) is 37.1. The Morgan fingerprint density at radius 2 is 1.57 bits per heavy atom. The Labute approximate surface area is 48.3 Å². The molecule has 0 spiro atoms. The van der Waals surface area contributed by atoms with Crippen molar-refractivity contribution in [1.29, 1.82) is 0 Å². The third-order valence-corrected chi connectivity index (χ3v) is 2.31. The Bertz CT molecular complexity index is 84.4. The molecule has 0 bridgehead atoms. The Morgan fingerprint density at radius 1 is 1.14 bits per heavy atom. The smallest absolute Gasteiger partial charge is 0.0385 e. The second-order valence-electron chi connectivity index (χ2n) is 1.54. The zero-order chi connectivity index (χ0) is 5.28. The topological polar surface area (TPSA) is 0 Å². The fourth-order valence-electron chi connectivity index (χ4n) is 0.515. The van der Waals surface area contributed by atoms with E-state index in [2.05, 4.69) is 13.2 Å². The molecular formula is C6H8S. The van der Waals surface area contributed by atoms with Crippen LogP contribution in [0.2, 0.25) is 0 Å². The van der Waals surface area contributed by atoms with Gasteiger partial charge in [-0.3, -0.25) is 0 Å². The quantitative estimate of drug-likeness (QED) is 0.388. The third-order valence-electron chi connectivity index (χ3n) is 1.03. The van der Waals surface area contributed by atoms with Gasteiger partial charge in [-0.25, -0.2) is 0 Å². The molecule has 0 amide bonds. The van der Waals surface area contributed by atoms with Gasteiger partial charge in [0.1, 0.15) is 0 Å². The molecule has 38 valence electrons. The highest BCUT2D eigenvalue weighted by Gasteiger charge is 2.31. The molecule has 0 unspecified atom stereocenters. The number of hydrogen-bond donors (Lipinski definition) is 0. The summed E-state index contributed by atoms with van der Waals surface area (Å²) in [5, 5.41) is 1.36. The lowest BCUT2D eigenvalue weighted by atomic mass is 10.3. The van der Waals surface area contributed by atoms with Gasteiger partial charge in [0.2, 0.25) is 0 Å². The zero-order valence-corrected chi connectivity index (χ0v) is 4.95. The van der Waals surface area contributed by atoms with Crippen LogP contribution in [-0.2, 0) is 0 Å². The van der Waals surface area contributed by atoms with Crippen LogP contribution in [0.1, 0.15) is 0 Å². The van der Waals surface area contributed by atoms with E-state index < -0.39 is 0 Å². The van der Waals surface area contributed by atoms with E-state index in [1.54, 1.807) is 0 Å². The van der Waals surface area contributed by atoms with E-state index in [1.165, 1.54) is 0 Å². The SMILES string of the molecule is C=C[C@@H]1S[C@H]1C=C. The molecule has 1 heterocycles. The summed E-state index contributed by atoms with van der Waals surface area (Å²) in [5.74, 6) is 0. The minimum atomic E-state index is 0.678. The van der Waals surface area contributed by atoms with E-state index >= 15 is 0 Å². The van der Waals surface area contributed by atoms with Gasteiger partial charge in [0.15, 0.2) is 0 Å². The number of thioether (sulfide) groups is 1. The van der Waals surface area contributed by atoms with Crippen LogP contribution >= 0.6 is 11.8 Å². The highest BCUT2D eigenvalue weighted by Crippen LogP contribution is 2.42. The zero-order valence-electron chi connectivity index (χ0n) is 4.13. The van der Waals surface area contributed by atoms with Crippen LogP contribution in [0.25, 0.3) is 0 Å². The highest BCUT2D eigenvalue weighted by atomic mass is 32.2. The van der Waals surface area contributed by atoms with Crippen LogP contribution in [0, 0.1) is 0 Å². The van der Waals surface area contributed by atoms with Gasteiger partial charge in [0.25, 0.3) is 0 Å². The van der Waals surface area contributed by atoms with Crippen molar-refractivity contribution in [3.8, 4) is 0 Å². The molecular weight excluding hydrogens is 104 g/mol. The lowest BCUT2D eigenvalue weighted by Crippen LogP contribution is -1.79. The third kappa shape index (κ3) is 0.885. The van der Waals surface area contributed by atoms with Crippen LogP contribution in [0.5, 0.6) is 0 Å². The summed E-state index contributed by atoms with van der Waals surface area (Å²) in [7, 11) is 0. The Balaban J connectivity index is 2.30. The van der Waals surface area contributed by atoms with E-state index in [1.807, 2.05) is 23.9 Å². The second kappa shape index (κ2) is 1.74. The van der Waals surface area contributed by atoms with Gasteiger partial charge in [-0.1, -0.05) is 12.2 Å². The van der Waals surface area contributed by atoms with Crippen LogP contribution in [0.15, 0.2) is 25.3 Å². The van der Waals surface area contributed by atoms with Crippen LogP contribution in [0.3, 0.4) is 0 Å². The summed E-state index contributed by atoms with van der Waals surface area (Å²) >= 11 is 1.90. The predicted molar refractivity (Wildman–Crippen MR) is 35.6 cm³/mol. The van der Waals surface area contributed by atoms with Gasteiger partial charge in [-0.15, -0.1) is 24.9 Å². The Kier molecular flexibility index (Phi) is 1.24. The summed E-state index contributed by atoms with van der Waals surface area (Å²) < 4.78 is 0. The van der Waals surface area contributed by atoms with Crippen molar-refractivity contribution in [2.75, 3.05) is 0 Å². The highest BCUT2D eigenvalue weighted by molar-refractivity contribution is 8.08. The van der Waals surface area contributed by atoms with E-state index in [-0.39, 0.29) is 0 Å². The monoisotopic (exact) mass is 112 g/mol. The Morgan fingerprint density at radius 3 is 1.71 bits per heavy atom. The summed E-state index contributed by atoms with van der Waals surface area (Å²) in [6.07, 6.45) is 3.94. The molecule has 0 radical (unpaired) electrons. The predicted octanol–water partition coefficient (Wildman–Crippen LogP) is 1.84. The number of hydrogen-bond acceptors (Lipinski definition) is 1. The maximum Gasteiger partial charge on any atom is 0.0385 e. The van der Waals surface area contributed by atoms with Gasteiger partial charge in [0, 0.05) is 10.5 Å². The van der Waals surface area contributed by atoms with Gasteiger partial charge in [0.05, 0.1) is 0 Å². The molecule has 1 rings (SSSR count). The minimum Gasteiger partial charge on any atom is -0.144 e. The largest absolute Gasteiger partial charge is 0.144 e.